The predicted molar refractivity (Wildman–Crippen MR) is 111 cm³/mol. The molecule has 0 atom stereocenters. The van der Waals surface area contributed by atoms with Crippen molar-refractivity contribution >= 4 is 15.9 Å². The van der Waals surface area contributed by atoms with Crippen molar-refractivity contribution < 1.29 is 26.4 Å². The topological polar surface area (TPSA) is 93.5 Å². The fourth-order valence-corrected chi connectivity index (χ4v) is 5.62. The maximum absolute atomic E-state index is 12.8. The van der Waals surface area contributed by atoms with Crippen molar-refractivity contribution in [3.8, 4) is 6.07 Å². The summed E-state index contributed by atoms with van der Waals surface area (Å²) in [4.78, 5) is 14.2. The lowest BCUT2D eigenvalue weighted by Crippen LogP contribution is -2.54. The summed E-state index contributed by atoms with van der Waals surface area (Å²) >= 11 is 0. The van der Waals surface area contributed by atoms with Gasteiger partial charge < -0.3 is 5.32 Å². The molecule has 1 saturated carbocycles. The smallest absolute Gasteiger partial charge is 0.337 e. The van der Waals surface area contributed by atoms with Gasteiger partial charge in [0.15, 0.2) is 0 Å². The molecule has 0 spiro atoms. The molecule has 1 amide bonds. The Bertz CT molecular complexity index is 942. The third-order valence-electron chi connectivity index (χ3n) is 6.07. The van der Waals surface area contributed by atoms with Crippen LogP contribution in [0, 0.1) is 11.3 Å². The van der Waals surface area contributed by atoms with E-state index < -0.39 is 27.3 Å². The fourth-order valence-electron chi connectivity index (χ4n) is 4.20. The van der Waals surface area contributed by atoms with Crippen LogP contribution in [0.5, 0.6) is 0 Å². The van der Waals surface area contributed by atoms with Crippen molar-refractivity contribution in [3.63, 3.8) is 0 Å². The van der Waals surface area contributed by atoms with Crippen LogP contribution in [-0.2, 0) is 21.0 Å². The molecule has 0 unspecified atom stereocenters. The van der Waals surface area contributed by atoms with Crippen molar-refractivity contribution in [1.82, 2.24) is 14.5 Å². The number of rotatable bonds is 5. The zero-order valence-electron chi connectivity index (χ0n) is 17.7. The number of carbonyl (C=O) groups excluding carboxylic acids is 1. The highest BCUT2D eigenvalue weighted by Crippen LogP contribution is 2.30. The minimum Gasteiger partial charge on any atom is -0.337 e. The van der Waals surface area contributed by atoms with Gasteiger partial charge in [-0.15, -0.1) is 0 Å². The summed E-state index contributed by atoms with van der Waals surface area (Å²) in [7, 11) is -3.92. The Balaban J connectivity index is 1.55. The molecule has 2 aliphatic rings. The van der Waals surface area contributed by atoms with Crippen molar-refractivity contribution in [2.75, 3.05) is 32.7 Å². The zero-order valence-corrected chi connectivity index (χ0v) is 18.5. The number of amides is 1. The number of sulfonamides is 1. The van der Waals surface area contributed by atoms with E-state index in [1.165, 1.54) is 4.31 Å². The third kappa shape index (κ3) is 5.79. The minimum absolute atomic E-state index is 0.0671. The van der Waals surface area contributed by atoms with Crippen molar-refractivity contribution in [2.45, 2.75) is 55.1 Å². The number of carbonyl (C=O) groups is 1. The molecule has 0 bridgehead atoms. The van der Waals surface area contributed by atoms with E-state index >= 15 is 0 Å². The molecule has 32 heavy (non-hydrogen) atoms. The second-order valence-corrected chi connectivity index (χ2v) is 10.3. The average molecular weight is 473 g/mol. The molecule has 1 aliphatic carbocycles. The Morgan fingerprint density at radius 2 is 1.59 bits per heavy atom. The minimum atomic E-state index is -4.53. The highest BCUT2D eigenvalue weighted by molar-refractivity contribution is 7.89. The van der Waals surface area contributed by atoms with E-state index in [1.807, 2.05) is 4.90 Å². The van der Waals surface area contributed by atoms with Crippen LogP contribution in [-0.4, -0.2) is 61.8 Å². The second kappa shape index (κ2) is 9.77. The van der Waals surface area contributed by atoms with Gasteiger partial charge in [-0.1, -0.05) is 25.7 Å². The molecule has 3 rings (SSSR count). The normalized spacial score (nSPS) is 20.8. The molecule has 176 valence electrons. The van der Waals surface area contributed by atoms with Gasteiger partial charge in [-0.3, -0.25) is 9.69 Å². The van der Waals surface area contributed by atoms with Gasteiger partial charge in [-0.2, -0.15) is 22.7 Å². The first-order valence-corrected chi connectivity index (χ1v) is 12.1. The first kappa shape index (κ1) is 24.5. The second-order valence-electron chi connectivity index (χ2n) is 8.36. The van der Waals surface area contributed by atoms with Crippen LogP contribution in [0.1, 0.15) is 44.1 Å². The molecule has 0 radical (unpaired) electrons. The van der Waals surface area contributed by atoms with Gasteiger partial charge in [0.1, 0.15) is 5.54 Å². The molecule has 7 nitrogen and oxygen atoms in total. The number of nitriles is 1. The van der Waals surface area contributed by atoms with E-state index in [0.29, 0.717) is 25.9 Å². The zero-order chi connectivity index (χ0) is 23.4. The van der Waals surface area contributed by atoms with E-state index in [4.69, 9.17) is 0 Å². The Kier molecular flexibility index (Phi) is 7.47. The van der Waals surface area contributed by atoms with Gasteiger partial charge in [0, 0.05) is 26.2 Å². The SMILES string of the molecule is N#CC1(NC(=O)CN2CCN(S(=O)(=O)c3ccc(C(F)(F)F)cc3)CC2)CCCCCC1. The molecule has 11 heteroatoms. The van der Waals surface area contributed by atoms with Crippen LogP contribution in [0.2, 0.25) is 0 Å². The fraction of sp³-hybridized carbons (Fsp3) is 0.619. The van der Waals surface area contributed by atoms with Crippen molar-refractivity contribution in [1.29, 1.82) is 5.26 Å². The van der Waals surface area contributed by atoms with Gasteiger partial charge in [-0.05, 0) is 37.1 Å². The first-order valence-electron chi connectivity index (χ1n) is 10.7. The lowest BCUT2D eigenvalue weighted by atomic mass is 9.92. The van der Waals surface area contributed by atoms with Crippen molar-refractivity contribution in [2.24, 2.45) is 0 Å². The molecule has 1 heterocycles. The van der Waals surface area contributed by atoms with Gasteiger partial charge in [0.25, 0.3) is 0 Å². The number of benzene rings is 1. The number of piperazine rings is 1. The summed E-state index contributed by atoms with van der Waals surface area (Å²) in [5.74, 6) is -0.257. The Morgan fingerprint density at radius 1 is 1.03 bits per heavy atom. The number of hydrogen-bond acceptors (Lipinski definition) is 5. The Hall–Kier alpha value is -2.16. The van der Waals surface area contributed by atoms with Crippen LogP contribution in [0.4, 0.5) is 13.2 Å². The average Bonchev–Trinajstić information content (AvgIpc) is 2.99. The standard InChI is InChI=1S/C21H27F3N4O3S/c22-21(23,24)17-5-7-18(8-6-17)32(30,31)28-13-11-27(12-14-28)15-19(29)26-20(16-25)9-3-1-2-4-10-20/h5-8H,1-4,9-15H2,(H,26,29). The van der Waals surface area contributed by atoms with Gasteiger partial charge >= 0.3 is 6.18 Å². The maximum Gasteiger partial charge on any atom is 0.416 e. The van der Waals surface area contributed by atoms with Crippen LogP contribution < -0.4 is 5.32 Å². The lowest BCUT2D eigenvalue weighted by molar-refractivity contribution is -0.137. The highest BCUT2D eigenvalue weighted by Gasteiger charge is 2.35. The molecule has 1 aromatic rings. The molecular weight excluding hydrogens is 445 g/mol. The number of nitrogens with zero attached hydrogens (tertiary/aromatic N) is 3. The number of nitrogens with one attached hydrogen (secondary N) is 1. The molecule has 1 saturated heterocycles. The molecule has 1 N–H and O–H groups in total. The predicted octanol–water partition coefficient (Wildman–Crippen LogP) is 2.74. The number of hydrogen-bond donors (Lipinski definition) is 1. The first-order chi connectivity index (χ1) is 15.1. The van der Waals surface area contributed by atoms with E-state index in [-0.39, 0.29) is 30.4 Å². The van der Waals surface area contributed by atoms with E-state index in [0.717, 1.165) is 49.9 Å². The van der Waals surface area contributed by atoms with Crippen LogP contribution in [0.3, 0.4) is 0 Å². The number of halogens is 3. The van der Waals surface area contributed by atoms with E-state index in [9.17, 15) is 31.6 Å². The highest BCUT2D eigenvalue weighted by atomic mass is 32.2. The summed E-state index contributed by atoms with van der Waals surface area (Å²) in [5.41, 5.74) is -1.74. The molecule has 0 aromatic heterocycles. The molecular formula is C21H27F3N4O3S. The molecule has 1 aliphatic heterocycles. The van der Waals surface area contributed by atoms with Crippen LogP contribution in [0.25, 0.3) is 0 Å². The third-order valence-corrected chi connectivity index (χ3v) is 7.98. The van der Waals surface area contributed by atoms with E-state index in [1.54, 1.807) is 0 Å². The summed E-state index contributed by atoms with van der Waals surface area (Å²) in [6.45, 7) is 0.942. The van der Waals surface area contributed by atoms with E-state index in [2.05, 4.69) is 11.4 Å². The summed E-state index contributed by atoms with van der Waals surface area (Å²) in [5, 5.41) is 12.5. The summed E-state index contributed by atoms with van der Waals surface area (Å²) in [6.07, 6.45) is 0.629. The van der Waals surface area contributed by atoms with Gasteiger partial charge in [-0.25, -0.2) is 8.42 Å². The molecule has 1 aromatic carbocycles. The Morgan fingerprint density at radius 3 is 2.09 bits per heavy atom. The van der Waals surface area contributed by atoms with Crippen LogP contribution >= 0.6 is 0 Å². The van der Waals surface area contributed by atoms with Crippen molar-refractivity contribution in [3.05, 3.63) is 29.8 Å². The monoisotopic (exact) mass is 472 g/mol. The van der Waals surface area contributed by atoms with Gasteiger partial charge in [0.2, 0.25) is 15.9 Å². The summed E-state index contributed by atoms with van der Waals surface area (Å²) < 4.78 is 64.9. The molecule has 2 fully saturated rings. The van der Waals surface area contributed by atoms with Crippen LogP contribution in [0.15, 0.2) is 29.2 Å². The summed E-state index contributed by atoms with van der Waals surface area (Å²) in [6, 6.07) is 5.72. The quantitative estimate of drug-likeness (QED) is 0.666. The van der Waals surface area contributed by atoms with Gasteiger partial charge in [0.05, 0.1) is 23.1 Å². The lowest BCUT2D eigenvalue weighted by Gasteiger charge is -2.34. The number of alkyl halides is 3. The maximum atomic E-state index is 12.8. The Labute approximate surface area is 186 Å². The largest absolute Gasteiger partial charge is 0.416 e.